The molecule has 0 spiro atoms. The fraction of sp³-hybridized carbons (Fsp3) is 0.550. The number of aromatic nitrogens is 3. The van der Waals surface area contributed by atoms with Crippen molar-refractivity contribution in [2.24, 2.45) is 0 Å². The quantitative estimate of drug-likeness (QED) is 0.936. The average molecular weight is 338 g/mol. The van der Waals surface area contributed by atoms with Gasteiger partial charge in [-0.15, -0.1) is 10.2 Å². The van der Waals surface area contributed by atoms with Gasteiger partial charge in [-0.3, -0.25) is 4.79 Å². The highest BCUT2D eigenvalue weighted by atomic mass is 16.1. The Kier molecular flexibility index (Phi) is 4.32. The van der Waals surface area contributed by atoms with E-state index in [2.05, 4.69) is 46.1 Å². The molecule has 2 heterocycles. The molecule has 5 heteroatoms. The highest BCUT2D eigenvalue weighted by molar-refractivity contribution is 5.94. The van der Waals surface area contributed by atoms with Gasteiger partial charge >= 0.3 is 0 Å². The summed E-state index contributed by atoms with van der Waals surface area (Å²) in [6, 6.07) is 6.35. The zero-order valence-corrected chi connectivity index (χ0v) is 15.1. The Morgan fingerprint density at radius 1 is 1.16 bits per heavy atom. The molecule has 0 unspecified atom stereocenters. The van der Waals surface area contributed by atoms with Gasteiger partial charge in [0.2, 0.25) is 0 Å². The molecule has 0 saturated heterocycles. The number of carbonyl (C=O) groups excluding carboxylic acids is 1. The number of amides is 1. The molecule has 1 N–H and O–H groups in total. The number of fused-ring (bicyclic) bond motifs is 2. The number of hydrogen-bond acceptors (Lipinski definition) is 3. The van der Waals surface area contributed by atoms with E-state index in [0.29, 0.717) is 5.92 Å². The summed E-state index contributed by atoms with van der Waals surface area (Å²) in [6.07, 6.45) is 6.53. The van der Waals surface area contributed by atoms with Crippen LogP contribution in [0.5, 0.6) is 0 Å². The molecule has 5 nitrogen and oxygen atoms in total. The topological polar surface area (TPSA) is 59.8 Å². The van der Waals surface area contributed by atoms with Crippen molar-refractivity contribution in [1.82, 2.24) is 20.1 Å². The highest BCUT2D eigenvalue weighted by Crippen LogP contribution is 2.23. The lowest BCUT2D eigenvalue weighted by Crippen LogP contribution is -2.41. The molecule has 132 valence electrons. The van der Waals surface area contributed by atoms with Gasteiger partial charge in [-0.2, -0.15) is 0 Å². The van der Waals surface area contributed by atoms with Gasteiger partial charge in [0.15, 0.2) is 0 Å². The molecule has 1 aromatic heterocycles. The zero-order chi connectivity index (χ0) is 17.4. The molecule has 4 rings (SSSR count). The van der Waals surface area contributed by atoms with E-state index >= 15 is 0 Å². The average Bonchev–Trinajstić information content (AvgIpc) is 3.04. The minimum atomic E-state index is 0.0426. The first-order chi connectivity index (χ1) is 12.1. The van der Waals surface area contributed by atoms with Crippen LogP contribution in [-0.2, 0) is 25.8 Å². The fourth-order valence-corrected chi connectivity index (χ4v) is 4.04. The second kappa shape index (κ2) is 6.62. The van der Waals surface area contributed by atoms with Gasteiger partial charge < -0.3 is 9.88 Å². The second-order valence-electron chi connectivity index (χ2n) is 7.64. The fourth-order valence-electron chi connectivity index (χ4n) is 4.04. The second-order valence-corrected chi connectivity index (χ2v) is 7.64. The van der Waals surface area contributed by atoms with Gasteiger partial charge in [0, 0.05) is 30.5 Å². The molecular weight excluding hydrogens is 312 g/mol. The molecule has 1 aliphatic heterocycles. The normalized spacial score (nSPS) is 19.4. The summed E-state index contributed by atoms with van der Waals surface area (Å²) in [5.74, 6) is 2.45. The number of hydrogen-bond donors (Lipinski definition) is 1. The maximum Gasteiger partial charge on any atom is 0.251 e. The summed E-state index contributed by atoms with van der Waals surface area (Å²) < 4.78 is 2.19. The van der Waals surface area contributed by atoms with Crippen LogP contribution >= 0.6 is 0 Å². The number of carbonyl (C=O) groups is 1. The Balaban J connectivity index is 1.47. The zero-order valence-electron chi connectivity index (χ0n) is 15.1. The summed E-state index contributed by atoms with van der Waals surface area (Å²) in [5, 5.41) is 11.8. The summed E-state index contributed by atoms with van der Waals surface area (Å²) >= 11 is 0. The van der Waals surface area contributed by atoms with E-state index in [9.17, 15) is 4.79 Å². The van der Waals surface area contributed by atoms with Crippen LogP contribution in [0.2, 0.25) is 0 Å². The minimum Gasteiger partial charge on any atom is -0.347 e. The van der Waals surface area contributed by atoms with E-state index in [1.54, 1.807) is 0 Å². The van der Waals surface area contributed by atoms with E-state index in [-0.39, 0.29) is 11.9 Å². The first-order valence-corrected chi connectivity index (χ1v) is 9.46. The Bertz CT molecular complexity index is 793. The van der Waals surface area contributed by atoms with Crippen LogP contribution in [0.3, 0.4) is 0 Å². The van der Waals surface area contributed by atoms with Crippen molar-refractivity contribution in [3.05, 3.63) is 46.5 Å². The predicted molar refractivity (Wildman–Crippen MR) is 96.8 cm³/mol. The lowest BCUT2D eigenvalue weighted by atomic mass is 9.90. The van der Waals surface area contributed by atoms with Crippen LogP contribution in [0.25, 0.3) is 0 Å². The first-order valence-electron chi connectivity index (χ1n) is 9.46. The number of nitrogens with one attached hydrogen (secondary N) is 1. The standard InChI is InChI=1S/C20H26N4O/c1-13(2)19-23-22-18-10-9-17(12-24(18)19)21-20(25)16-8-7-14-5-3-4-6-15(14)11-16/h7-8,11,13,17H,3-6,9-10,12H2,1-2H3,(H,21,25)/t17-/m0/s1. The van der Waals surface area contributed by atoms with Gasteiger partial charge in [0.05, 0.1) is 0 Å². The van der Waals surface area contributed by atoms with E-state index in [4.69, 9.17) is 0 Å². The van der Waals surface area contributed by atoms with Crippen molar-refractivity contribution in [2.45, 2.75) is 70.9 Å². The molecule has 1 aromatic carbocycles. The van der Waals surface area contributed by atoms with E-state index in [0.717, 1.165) is 49.4 Å². The molecular formula is C20H26N4O. The lowest BCUT2D eigenvalue weighted by molar-refractivity contribution is 0.0927. The van der Waals surface area contributed by atoms with Crippen LogP contribution in [0, 0.1) is 0 Å². The molecule has 25 heavy (non-hydrogen) atoms. The molecule has 0 bridgehead atoms. The molecule has 1 atom stereocenters. The van der Waals surface area contributed by atoms with Crippen LogP contribution in [0.15, 0.2) is 18.2 Å². The maximum absolute atomic E-state index is 12.7. The Hall–Kier alpha value is -2.17. The molecule has 1 aliphatic carbocycles. The summed E-state index contributed by atoms with van der Waals surface area (Å²) in [4.78, 5) is 12.7. The van der Waals surface area contributed by atoms with Gasteiger partial charge in [-0.05, 0) is 55.4 Å². The predicted octanol–water partition coefficient (Wildman–Crippen LogP) is 3.03. The third kappa shape index (κ3) is 3.20. The van der Waals surface area contributed by atoms with Crippen LogP contribution < -0.4 is 5.32 Å². The minimum absolute atomic E-state index is 0.0426. The summed E-state index contributed by atoms with van der Waals surface area (Å²) in [7, 11) is 0. The summed E-state index contributed by atoms with van der Waals surface area (Å²) in [5.41, 5.74) is 3.56. The number of benzene rings is 1. The Labute approximate surface area is 148 Å². The van der Waals surface area contributed by atoms with E-state index in [1.807, 2.05) is 6.07 Å². The molecule has 0 saturated carbocycles. The number of aryl methyl sites for hydroxylation is 3. The SMILES string of the molecule is CC(C)c1nnc2n1C[C@@H](NC(=O)c1ccc3c(c1)CCCC3)CC2. The molecule has 2 aliphatic rings. The number of rotatable bonds is 3. The van der Waals surface area contributed by atoms with E-state index < -0.39 is 0 Å². The largest absolute Gasteiger partial charge is 0.347 e. The monoisotopic (exact) mass is 338 g/mol. The van der Waals surface area contributed by atoms with E-state index in [1.165, 1.54) is 24.0 Å². The van der Waals surface area contributed by atoms with Gasteiger partial charge in [-0.25, -0.2) is 0 Å². The number of nitrogens with zero attached hydrogens (tertiary/aromatic N) is 3. The smallest absolute Gasteiger partial charge is 0.251 e. The van der Waals surface area contributed by atoms with Gasteiger partial charge in [0.25, 0.3) is 5.91 Å². The molecule has 0 fully saturated rings. The van der Waals surface area contributed by atoms with Gasteiger partial charge in [0.1, 0.15) is 11.6 Å². The van der Waals surface area contributed by atoms with Crippen molar-refractivity contribution in [3.8, 4) is 0 Å². The molecule has 1 amide bonds. The highest BCUT2D eigenvalue weighted by Gasteiger charge is 2.25. The molecule has 0 radical (unpaired) electrons. The van der Waals surface area contributed by atoms with Crippen LogP contribution in [-0.4, -0.2) is 26.7 Å². The molecule has 2 aromatic rings. The Morgan fingerprint density at radius 3 is 2.76 bits per heavy atom. The van der Waals surface area contributed by atoms with Crippen molar-refractivity contribution in [3.63, 3.8) is 0 Å². The maximum atomic E-state index is 12.7. The first kappa shape index (κ1) is 16.3. The lowest BCUT2D eigenvalue weighted by Gasteiger charge is -2.26. The Morgan fingerprint density at radius 2 is 1.96 bits per heavy atom. The van der Waals surface area contributed by atoms with Crippen molar-refractivity contribution >= 4 is 5.91 Å². The van der Waals surface area contributed by atoms with Crippen molar-refractivity contribution in [1.29, 1.82) is 0 Å². The van der Waals surface area contributed by atoms with Crippen LogP contribution in [0.4, 0.5) is 0 Å². The third-order valence-electron chi connectivity index (χ3n) is 5.44. The van der Waals surface area contributed by atoms with Gasteiger partial charge in [-0.1, -0.05) is 19.9 Å². The summed E-state index contributed by atoms with van der Waals surface area (Å²) in [6.45, 7) is 5.03. The van der Waals surface area contributed by atoms with Crippen LogP contribution in [0.1, 0.15) is 72.2 Å². The van der Waals surface area contributed by atoms with Crippen molar-refractivity contribution in [2.75, 3.05) is 0 Å². The third-order valence-corrected chi connectivity index (χ3v) is 5.44. The van der Waals surface area contributed by atoms with Crippen molar-refractivity contribution < 1.29 is 4.79 Å².